The number of aryl methyl sites for hydroxylation is 1. The van der Waals surface area contributed by atoms with Crippen LogP contribution in [0.25, 0.3) is 0 Å². The van der Waals surface area contributed by atoms with Gasteiger partial charge in [-0.05, 0) is 42.7 Å². The Morgan fingerprint density at radius 2 is 1.96 bits per heavy atom. The summed E-state index contributed by atoms with van der Waals surface area (Å²) in [6, 6.07) is 12.4. The van der Waals surface area contributed by atoms with Gasteiger partial charge in [0.25, 0.3) is 0 Å². The predicted molar refractivity (Wildman–Crippen MR) is 102 cm³/mol. The number of nitrogens with one attached hydrogen (secondary N) is 1. The lowest BCUT2D eigenvalue weighted by Crippen LogP contribution is -2.41. The molecule has 1 saturated heterocycles. The van der Waals surface area contributed by atoms with E-state index in [2.05, 4.69) is 15.2 Å². The zero-order valence-corrected chi connectivity index (χ0v) is 15.2. The molecule has 0 aliphatic carbocycles. The Balaban J connectivity index is 1.33. The molecule has 27 heavy (non-hydrogen) atoms. The van der Waals surface area contributed by atoms with Crippen LogP contribution >= 0.6 is 0 Å². The van der Waals surface area contributed by atoms with Gasteiger partial charge in [-0.3, -0.25) is 0 Å². The van der Waals surface area contributed by atoms with E-state index >= 15 is 0 Å². The van der Waals surface area contributed by atoms with Gasteiger partial charge in [0.2, 0.25) is 5.90 Å². The molecule has 140 valence electrons. The SMILES string of the molecule is Cc1ccc(Oc2ccc(COC3=NCN4CCCNC4=C3)cc2)cc1F. The van der Waals surface area contributed by atoms with Crippen molar-refractivity contribution in [2.75, 3.05) is 19.8 Å². The molecule has 6 heteroatoms. The number of ether oxygens (including phenoxy) is 2. The molecule has 2 aliphatic rings. The number of rotatable bonds is 4. The lowest BCUT2D eigenvalue weighted by Gasteiger charge is -2.33. The highest BCUT2D eigenvalue weighted by atomic mass is 19.1. The molecule has 0 spiro atoms. The summed E-state index contributed by atoms with van der Waals surface area (Å²) in [5, 5.41) is 3.37. The van der Waals surface area contributed by atoms with Gasteiger partial charge in [0.05, 0.1) is 0 Å². The van der Waals surface area contributed by atoms with Gasteiger partial charge in [0.1, 0.15) is 36.4 Å². The van der Waals surface area contributed by atoms with Gasteiger partial charge in [-0.2, -0.15) is 0 Å². The Hall–Kier alpha value is -3.02. The molecule has 4 rings (SSSR count). The van der Waals surface area contributed by atoms with Crippen LogP contribution in [-0.2, 0) is 11.3 Å². The topological polar surface area (TPSA) is 46.1 Å². The summed E-state index contributed by atoms with van der Waals surface area (Å²) >= 11 is 0. The molecule has 0 bridgehead atoms. The van der Waals surface area contributed by atoms with E-state index in [0.717, 1.165) is 30.9 Å². The molecular formula is C21H22FN3O2. The maximum atomic E-state index is 13.6. The van der Waals surface area contributed by atoms with Gasteiger partial charge in [-0.1, -0.05) is 18.2 Å². The van der Waals surface area contributed by atoms with Crippen molar-refractivity contribution < 1.29 is 13.9 Å². The van der Waals surface area contributed by atoms with E-state index in [1.54, 1.807) is 19.1 Å². The third-order valence-corrected chi connectivity index (χ3v) is 4.60. The maximum absolute atomic E-state index is 13.6. The van der Waals surface area contributed by atoms with E-state index in [1.807, 2.05) is 30.3 Å². The number of benzene rings is 2. The predicted octanol–water partition coefficient (Wildman–Crippen LogP) is 3.95. The molecule has 0 amide bonds. The number of nitrogens with zero attached hydrogens (tertiary/aromatic N) is 2. The summed E-state index contributed by atoms with van der Waals surface area (Å²) in [6.45, 7) is 4.81. The number of halogens is 1. The monoisotopic (exact) mass is 367 g/mol. The fraction of sp³-hybridized carbons (Fsp3) is 0.286. The third kappa shape index (κ3) is 4.22. The van der Waals surface area contributed by atoms with Gasteiger partial charge in [-0.15, -0.1) is 0 Å². The Bertz CT molecular complexity index is 877. The van der Waals surface area contributed by atoms with Crippen molar-refractivity contribution in [3.05, 3.63) is 71.3 Å². The fourth-order valence-electron chi connectivity index (χ4n) is 3.00. The summed E-state index contributed by atoms with van der Waals surface area (Å²) in [6.07, 6.45) is 3.08. The fourth-order valence-corrected chi connectivity index (χ4v) is 3.00. The second-order valence-corrected chi connectivity index (χ2v) is 6.66. The van der Waals surface area contributed by atoms with Crippen molar-refractivity contribution in [3.63, 3.8) is 0 Å². The summed E-state index contributed by atoms with van der Waals surface area (Å²) in [7, 11) is 0. The van der Waals surface area contributed by atoms with Crippen LogP contribution in [0, 0.1) is 12.7 Å². The lowest BCUT2D eigenvalue weighted by atomic mass is 10.2. The van der Waals surface area contributed by atoms with Crippen LogP contribution in [0.4, 0.5) is 4.39 Å². The quantitative estimate of drug-likeness (QED) is 0.889. The first-order chi connectivity index (χ1) is 13.2. The van der Waals surface area contributed by atoms with E-state index in [9.17, 15) is 4.39 Å². The molecule has 0 atom stereocenters. The highest BCUT2D eigenvalue weighted by Gasteiger charge is 2.18. The molecule has 2 aromatic rings. The zero-order valence-electron chi connectivity index (χ0n) is 15.2. The Labute approximate surface area is 158 Å². The normalized spacial score (nSPS) is 16.0. The number of hydrogen-bond acceptors (Lipinski definition) is 5. The minimum atomic E-state index is -0.272. The molecule has 0 unspecified atom stereocenters. The first-order valence-corrected chi connectivity index (χ1v) is 9.08. The van der Waals surface area contributed by atoms with Crippen molar-refractivity contribution in [1.29, 1.82) is 0 Å². The smallest absolute Gasteiger partial charge is 0.214 e. The van der Waals surface area contributed by atoms with Gasteiger partial charge in [-0.25, -0.2) is 9.38 Å². The lowest BCUT2D eigenvalue weighted by molar-refractivity contribution is 0.256. The molecule has 0 radical (unpaired) electrons. The van der Waals surface area contributed by atoms with Gasteiger partial charge in [0, 0.05) is 25.2 Å². The van der Waals surface area contributed by atoms with Crippen LogP contribution < -0.4 is 10.1 Å². The van der Waals surface area contributed by atoms with E-state index in [-0.39, 0.29) is 5.82 Å². The highest BCUT2D eigenvalue weighted by molar-refractivity contribution is 5.88. The molecular weight excluding hydrogens is 345 g/mol. The standard InChI is InChI=1S/C21H22FN3O2/c1-15-3-6-18(11-19(15)22)27-17-7-4-16(5-8-17)13-26-21-12-20-23-9-2-10-25(20)14-24-21/h3-8,11-12,23H,2,9-10,13-14H2,1H3. The first-order valence-electron chi connectivity index (χ1n) is 9.08. The second kappa shape index (κ2) is 7.70. The van der Waals surface area contributed by atoms with Crippen molar-refractivity contribution in [2.45, 2.75) is 20.0 Å². The van der Waals surface area contributed by atoms with Crippen LogP contribution in [0.5, 0.6) is 11.5 Å². The van der Waals surface area contributed by atoms with Crippen molar-refractivity contribution in [3.8, 4) is 11.5 Å². The van der Waals surface area contributed by atoms with E-state index in [0.29, 0.717) is 36.2 Å². The Morgan fingerprint density at radius 3 is 2.78 bits per heavy atom. The highest BCUT2D eigenvalue weighted by Crippen LogP contribution is 2.24. The van der Waals surface area contributed by atoms with Crippen LogP contribution in [0.15, 0.2) is 59.4 Å². The summed E-state index contributed by atoms with van der Waals surface area (Å²) in [5.74, 6) is 2.59. The number of fused-ring (bicyclic) bond motifs is 1. The largest absolute Gasteiger partial charge is 0.473 e. The minimum absolute atomic E-state index is 0.272. The van der Waals surface area contributed by atoms with Crippen LogP contribution in [-0.4, -0.2) is 30.6 Å². The molecule has 1 N–H and O–H groups in total. The second-order valence-electron chi connectivity index (χ2n) is 6.66. The molecule has 1 fully saturated rings. The van der Waals surface area contributed by atoms with Gasteiger partial charge in [0.15, 0.2) is 0 Å². The van der Waals surface area contributed by atoms with Crippen LogP contribution in [0.3, 0.4) is 0 Å². The van der Waals surface area contributed by atoms with Crippen LogP contribution in [0.2, 0.25) is 0 Å². The average Bonchev–Trinajstić information content (AvgIpc) is 2.70. The van der Waals surface area contributed by atoms with E-state index < -0.39 is 0 Å². The zero-order chi connectivity index (χ0) is 18.6. The summed E-state index contributed by atoms with van der Waals surface area (Å²) in [5.41, 5.74) is 1.61. The molecule has 2 heterocycles. The molecule has 5 nitrogen and oxygen atoms in total. The molecule has 0 saturated carbocycles. The van der Waals surface area contributed by atoms with Crippen molar-refractivity contribution in [1.82, 2.24) is 10.2 Å². The first kappa shape index (κ1) is 17.4. The van der Waals surface area contributed by atoms with Gasteiger partial charge >= 0.3 is 0 Å². The maximum Gasteiger partial charge on any atom is 0.214 e. The minimum Gasteiger partial charge on any atom is -0.473 e. The summed E-state index contributed by atoms with van der Waals surface area (Å²) < 4.78 is 25.1. The van der Waals surface area contributed by atoms with E-state index in [1.165, 1.54) is 6.07 Å². The van der Waals surface area contributed by atoms with Crippen molar-refractivity contribution in [2.24, 2.45) is 4.99 Å². The molecule has 0 aromatic heterocycles. The third-order valence-electron chi connectivity index (χ3n) is 4.60. The van der Waals surface area contributed by atoms with Crippen LogP contribution in [0.1, 0.15) is 17.5 Å². The Kier molecular flexibility index (Phi) is 4.96. The number of aliphatic imine (C=N–C) groups is 1. The average molecular weight is 367 g/mol. The Morgan fingerprint density at radius 1 is 1.15 bits per heavy atom. The number of hydrogen-bond donors (Lipinski definition) is 1. The summed E-state index contributed by atoms with van der Waals surface area (Å²) in [4.78, 5) is 6.67. The molecule has 2 aliphatic heterocycles. The molecule has 2 aromatic carbocycles. The van der Waals surface area contributed by atoms with E-state index in [4.69, 9.17) is 9.47 Å². The van der Waals surface area contributed by atoms with Crippen molar-refractivity contribution >= 4 is 5.90 Å². The van der Waals surface area contributed by atoms with Gasteiger partial charge < -0.3 is 19.7 Å².